The highest BCUT2D eigenvalue weighted by molar-refractivity contribution is 5.50. The lowest BCUT2D eigenvalue weighted by molar-refractivity contribution is 0.371. The minimum absolute atomic E-state index is 0.224. The number of phenols is 1. The second kappa shape index (κ2) is 3.99. The van der Waals surface area contributed by atoms with Gasteiger partial charge >= 0.3 is 0 Å². The SMILES string of the molecule is C=CCc1c(C)ccc(OC)c1O. The van der Waals surface area contributed by atoms with Crippen molar-refractivity contribution in [2.75, 3.05) is 7.11 Å². The Morgan fingerprint density at radius 2 is 2.23 bits per heavy atom. The number of aromatic hydroxyl groups is 1. The van der Waals surface area contributed by atoms with E-state index < -0.39 is 0 Å². The zero-order valence-electron chi connectivity index (χ0n) is 8.00. The summed E-state index contributed by atoms with van der Waals surface area (Å²) in [5, 5.41) is 9.73. The lowest BCUT2D eigenvalue weighted by Gasteiger charge is -2.09. The maximum Gasteiger partial charge on any atom is 0.161 e. The molecule has 0 bridgehead atoms. The minimum Gasteiger partial charge on any atom is -0.504 e. The molecule has 0 aliphatic rings. The Morgan fingerprint density at radius 3 is 2.77 bits per heavy atom. The molecule has 0 aromatic heterocycles. The first-order chi connectivity index (χ1) is 6.20. The lowest BCUT2D eigenvalue weighted by atomic mass is 10.0. The smallest absolute Gasteiger partial charge is 0.161 e. The van der Waals surface area contributed by atoms with E-state index in [2.05, 4.69) is 6.58 Å². The highest BCUT2D eigenvalue weighted by Crippen LogP contribution is 2.32. The molecular weight excluding hydrogens is 164 g/mol. The zero-order valence-corrected chi connectivity index (χ0v) is 8.00. The van der Waals surface area contributed by atoms with Crippen LogP contribution in [0, 0.1) is 6.92 Å². The standard InChI is InChI=1S/C11H14O2/c1-4-5-9-8(2)6-7-10(13-3)11(9)12/h4,6-7,12H,1,5H2,2-3H3. The Morgan fingerprint density at radius 1 is 1.54 bits per heavy atom. The predicted octanol–water partition coefficient (Wildman–Crippen LogP) is 2.44. The summed E-state index contributed by atoms with van der Waals surface area (Å²) < 4.78 is 5.00. The summed E-state index contributed by atoms with van der Waals surface area (Å²) in [6.45, 7) is 5.60. The van der Waals surface area contributed by atoms with Gasteiger partial charge in [0, 0.05) is 5.56 Å². The number of rotatable bonds is 3. The molecular formula is C11H14O2. The van der Waals surface area contributed by atoms with Gasteiger partial charge in [0.05, 0.1) is 7.11 Å². The first-order valence-corrected chi connectivity index (χ1v) is 4.17. The number of benzene rings is 1. The van der Waals surface area contributed by atoms with E-state index >= 15 is 0 Å². The van der Waals surface area contributed by atoms with Crippen LogP contribution in [0.4, 0.5) is 0 Å². The maximum absolute atomic E-state index is 9.73. The van der Waals surface area contributed by atoms with Crippen LogP contribution in [-0.2, 0) is 6.42 Å². The molecule has 0 heterocycles. The summed E-state index contributed by atoms with van der Waals surface area (Å²) >= 11 is 0. The van der Waals surface area contributed by atoms with Gasteiger partial charge in [0.1, 0.15) is 0 Å². The Balaban J connectivity index is 3.20. The quantitative estimate of drug-likeness (QED) is 0.720. The van der Waals surface area contributed by atoms with Crippen LogP contribution < -0.4 is 4.74 Å². The molecule has 0 aliphatic carbocycles. The fourth-order valence-corrected chi connectivity index (χ4v) is 1.28. The van der Waals surface area contributed by atoms with Gasteiger partial charge in [0.15, 0.2) is 11.5 Å². The van der Waals surface area contributed by atoms with E-state index in [1.165, 1.54) is 0 Å². The van der Waals surface area contributed by atoms with Gasteiger partial charge in [-0.2, -0.15) is 0 Å². The largest absolute Gasteiger partial charge is 0.504 e. The highest BCUT2D eigenvalue weighted by Gasteiger charge is 2.08. The van der Waals surface area contributed by atoms with Crippen molar-refractivity contribution in [2.24, 2.45) is 0 Å². The van der Waals surface area contributed by atoms with E-state index in [0.717, 1.165) is 11.1 Å². The third-order valence-electron chi connectivity index (χ3n) is 2.05. The van der Waals surface area contributed by atoms with Crippen LogP contribution in [0.1, 0.15) is 11.1 Å². The average molecular weight is 178 g/mol. The summed E-state index contributed by atoms with van der Waals surface area (Å²) in [5.41, 5.74) is 1.94. The maximum atomic E-state index is 9.73. The number of ether oxygens (including phenoxy) is 1. The molecule has 1 rings (SSSR count). The molecule has 0 saturated heterocycles. The molecule has 1 aromatic carbocycles. The lowest BCUT2D eigenvalue weighted by Crippen LogP contribution is -1.91. The third kappa shape index (κ3) is 1.83. The van der Waals surface area contributed by atoms with Crippen LogP contribution in [0.25, 0.3) is 0 Å². The number of allylic oxidation sites excluding steroid dienone is 1. The van der Waals surface area contributed by atoms with Gasteiger partial charge in [0.25, 0.3) is 0 Å². The van der Waals surface area contributed by atoms with Crippen LogP contribution in [0.5, 0.6) is 11.5 Å². The summed E-state index contributed by atoms with van der Waals surface area (Å²) in [6.07, 6.45) is 2.43. The number of phenolic OH excluding ortho intramolecular Hbond substituents is 1. The van der Waals surface area contributed by atoms with Crippen LogP contribution in [0.2, 0.25) is 0 Å². The van der Waals surface area contributed by atoms with E-state index in [-0.39, 0.29) is 5.75 Å². The Hall–Kier alpha value is -1.44. The number of aryl methyl sites for hydroxylation is 1. The molecule has 0 spiro atoms. The Bertz CT molecular complexity index is 316. The molecule has 0 unspecified atom stereocenters. The molecule has 0 saturated carbocycles. The first kappa shape index (κ1) is 9.65. The summed E-state index contributed by atoms with van der Waals surface area (Å²) in [5.74, 6) is 0.741. The van der Waals surface area contributed by atoms with Gasteiger partial charge in [0.2, 0.25) is 0 Å². The summed E-state index contributed by atoms with van der Waals surface area (Å²) in [4.78, 5) is 0. The van der Waals surface area contributed by atoms with Crippen LogP contribution >= 0.6 is 0 Å². The topological polar surface area (TPSA) is 29.5 Å². The molecule has 13 heavy (non-hydrogen) atoms. The fraction of sp³-hybridized carbons (Fsp3) is 0.273. The van der Waals surface area contributed by atoms with Crippen LogP contribution in [-0.4, -0.2) is 12.2 Å². The number of hydrogen-bond acceptors (Lipinski definition) is 2. The van der Waals surface area contributed by atoms with Crippen molar-refractivity contribution in [1.82, 2.24) is 0 Å². The fourth-order valence-electron chi connectivity index (χ4n) is 1.28. The first-order valence-electron chi connectivity index (χ1n) is 4.17. The van der Waals surface area contributed by atoms with E-state index in [4.69, 9.17) is 4.74 Å². The van der Waals surface area contributed by atoms with Crippen LogP contribution in [0.15, 0.2) is 24.8 Å². The van der Waals surface area contributed by atoms with Crippen molar-refractivity contribution < 1.29 is 9.84 Å². The molecule has 0 aliphatic heterocycles. The van der Waals surface area contributed by atoms with Crippen molar-refractivity contribution in [2.45, 2.75) is 13.3 Å². The summed E-state index contributed by atoms with van der Waals surface area (Å²) in [7, 11) is 1.54. The Labute approximate surface area is 78.5 Å². The molecule has 1 aromatic rings. The molecule has 2 nitrogen and oxygen atoms in total. The van der Waals surface area contributed by atoms with Crippen molar-refractivity contribution in [3.8, 4) is 11.5 Å². The zero-order chi connectivity index (χ0) is 9.84. The van der Waals surface area contributed by atoms with Gasteiger partial charge in [-0.15, -0.1) is 6.58 Å². The molecule has 0 fully saturated rings. The number of methoxy groups -OCH3 is 1. The van der Waals surface area contributed by atoms with E-state index in [1.807, 2.05) is 13.0 Å². The third-order valence-corrected chi connectivity index (χ3v) is 2.05. The predicted molar refractivity (Wildman–Crippen MR) is 53.3 cm³/mol. The van der Waals surface area contributed by atoms with Gasteiger partial charge < -0.3 is 9.84 Å². The number of hydrogen-bond donors (Lipinski definition) is 1. The van der Waals surface area contributed by atoms with E-state index in [1.54, 1.807) is 19.3 Å². The van der Waals surface area contributed by atoms with Crippen molar-refractivity contribution in [1.29, 1.82) is 0 Å². The van der Waals surface area contributed by atoms with E-state index in [0.29, 0.717) is 12.2 Å². The van der Waals surface area contributed by atoms with Gasteiger partial charge in [-0.1, -0.05) is 12.1 Å². The molecule has 1 N–H and O–H groups in total. The minimum atomic E-state index is 0.224. The van der Waals surface area contributed by atoms with Crippen molar-refractivity contribution >= 4 is 0 Å². The second-order valence-electron chi connectivity index (χ2n) is 2.90. The van der Waals surface area contributed by atoms with Crippen molar-refractivity contribution in [3.05, 3.63) is 35.9 Å². The monoisotopic (exact) mass is 178 g/mol. The Kier molecular flexibility index (Phi) is 2.96. The molecule has 0 radical (unpaired) electrons. The molecule has 0 atom stereocenters. The highest BCUT2D eigenvalue weighted by atomic mass is 16.5. The molecule has 0 amide bonds. The van der Waals surface area contributed by atoms with Crippen LogP contribution in [0.3, 0.4) is 0 Å². The van der Waals surface area contributed by atoms with E-state index in [9.17, 15) is 5.11 Å². The van der Waals surface area contributed by atoms with Crippen molar-refractivity contribution in [3.63, 3.8) is 0 Å². The average Bonchev–Trinajstić information content (AvgIpc) is 2.12. The second-order valence-corrected chi connectivity index (χ2v) is 2.90. The molecule has 70 valence electrons. The van der Waals surface area contributed by atoms with Gasteiger partial charge in [-0.05, 0) is 25.0 Å². The summed E-state index contributed by atoms with van der Waals surface area (Å²) in [6, 6.07) is 3.69. The van der Waals surface area contributed by atoms with Gasteiger partial charge in [-0.25, -0.2) is 0 Å². The normalized spacial score (nSPS) is 9.69. The van der Waals surface area contributed by atoms with Gasteiger partial charge in [-0.3, -0.25) is 0 Å². The molecule has 2 heteroatoms.